The van der Waals surface area contributed by atoms with Gasteiger partial charge >= 0.3 is 0 Å². The highest BCUT2D eigenvalue weighted by molar-refractivity contribution is 5.37. The van der Waals surface area contributed by atoms with Crippen LogP contribution in [0.2, 0.25) is 0 Å². The van der Waals surface area contributed by atoms with Crippen molar-refractivity contribution in [3.05, 3.63) is 34.1 Å². The van der Waals surface area contributed by atoms with E-state index >= 15 is 0 Å². The number of likely N-dealkylation sites (N-methyl/N-ethyl adjacent to an activating group) is 1. The molecule has 0 saturated heterocycles. The maximum absolute atomic E-state index is 10.8. The molecule has 0 aliphatic heterocycles. The first-order valence-electron chi connectivity index (χ1n) is 4.92. The molecule has 0 radical (unpaired) electrons. The average molecular weight is 225 g/mol. The Morgan fingerprint density at radius 2 is 2.44 bits per heavy atom. The smallest absolute Gasteiger partial charge is 0.290 e. The molecule has 0 saturated carbocycles. The predicted octanol–water partition coefficient (Wildman–Crippen LogP) is 0.767. The largest absolute Gasteiger partial charge is 0.383 e. The van der Waals surface area contributed by atoms with Gasteiger partial charge in [-0.15, -0.1) is 0 Å². The van der Waals surface area contributed by atoms with Gasteiger partial charge < -0.3 is 10.1 Å². The molecule has 0 fully saturated rings. The number of nitrogens with one attached hydrogen (secondary N) is 1. The molecule has 6 heteroatoms. The molecule has 16 heavy (non-hydrogen) atoms. The molecule has 0 aliphatic carbocycles. The summed E-state index contributed by atoms with van der Waals surface area (Å²) < 4.78 is 5.02. The van der Waals surface area contributed by atoms with E-state index in [-0.39, 0.29) is 11.7 Å². The van der Waals surface area contributed by atoms with Gasteiger partial charge in [0.15, 0.2) is 0 Å². The standard InChI is InChI=1S/C10H15N3O3/c1-11-9(7-16-2)5-8-3-4-12-6-10(8)13(14)15/h3-4,6,9,11H,5,7H2,1-2H3. The lowest BCUT2D eigenvalue weighted by atomic mass is 10.1. The number of ether oxygens (including phenoxy) is 1. The van der Waals surface area contributed by atoms with Crippen LogP contribution in [0.15, 0.2) is 18.5 Å². The summed E-state index contributed by atoms with van der Waals surface area (Å²) in [6, 6.07) is 1.73. The third-order valence-electron chi connectivity index (χ3n) is 2.33. The molecular formula is C10H15N3O3. The van der Waals surface area contributed by atoms with E-state index < -0.39 is 4.92 Å². The molecule has 0 amide bonds. The molecule has 1 N–H and O–H groups in total. The monoisotopic (exact) mass is 225 g/mol. The third kappa shape index (κ3) is 3.25. The second kappa shape index (κ2) is 6.14. The lowest BCUT2D eigenvalue weighted by Gasteiger charge is -2.14. The van der Waals surface area contributed by atoms with Crippen LogP contribution in [0.1, 0.15) is 5.56 Å². The van der Waals surface area contributed by atoms with Gasteiger partial charge in [-0.3, -0.25) is 15.1 Å². The van der Waals surface area contributed by atoms with Gasteiger partial charge in [-0.2, -0.15) is 0 Å². The summed E-state index contributed by atoms with van der Waals surface area (Å²) >= 11 is 0. The highest BCUT2D eigenvalue weighted by Gasteiger charge is 2.16. The van der Waals surface area contributed by atoms with Crippen molar-refractivity contribution >= 4 is 5.69 Å². The highest BCUT2D eigenvalue weighted by Crippen LogP contribution is 2.17. The Hall–Kier alpha value is -1.53. The van der Waals surface area contributed by atoms with Gasteiger partial charge in [0.2, 0.25) is 0 Å². The molecule has 0 spiro atoms. The van der Waals surface area contributed by atoms with E-state index in [0.29, 0.717) is 18.6 Å². The number of aromatic nitrogens is 1. The first-order chi connectivity index (χ1) is 7.69. The van der Waals surface area contributed by atoms with Crippen LogP contribution < -0.4 is 5.32 Å². The summed E-state index contributed by atoms with van der Waals surface area (Å²) in [5.74, 6) is 0. The van der Waals surface area contributed by atoms with Crippen molar-refractivity contribution in [1.82, 2.24) is 10.3 Å². The number of methoxy groups -OCH3 is 1. The molecule has 1 rings (SSSR count). The number of nitro groups is 1. The minimum atomic E-state index is -0.415. The Labute approximate surface area is 93.8 Å². The van der Waals surface area contributed by atoms with Crippen LogP contribution in [0.3, 0.4) is 0 Å². The molecule has 0 aromatic carbocycles. The van der Waals surface area contributed by atoms with E-state index in [1.807, 2.05) is 0 Å². The number of hydrogen-bond acceptors (Lipinski definition) is 5. The number of nitrogens with zero attached hydrogens (tertiary/aromatic N) is 2. The summed E-state index contributed by atoms with van der Waals surface area (Å²) in [5.41, 5.74) is 0.718. The number of hydrogen-bond donors (Lipinski definition) is 1. The zero-order chi connectivity index (χ0) is 12.0. The summed E-state index contributed by atoms with van der Waals surface area (Å²) in [6.45, 7) is 0.510. The Kier molecular flexibility index (Phi) is 4.81. The Morgan fingerprint density at radius 3 is 3.00 bits per heavy atom. The zero-order valence-electron chi connectivity index (χ0n) is 9.34. The van der Waals surface area contributed by atoms with Crippen molar-refractivity contribution in [2.75, 3.05) is 20.8 Å². The Balaban J connectivity index is 2.82. The molecule has 0 aliphatic rings. The SMILES string of the molecule is CNC(COC)Cc1ccncc1[N+](=O)[O-]. The molecule has 1 atom stereocenters. The maximum Gasteiger partial charge on any atom is 0.290 e. The van der Waals surface area contributed by atoms with Crippen LogP contribution in [0.5, 0.6) is 0 Å². The van der Waals surface area contributed by atoms with Crippen molar-refractivity contribution < 1.29 is 9.66 Å². The van der Waals surface area contributed by atoms with E-state index in [9.17, 15) is 10.1 Å². The normalized spacial score (nSPS) is 12.4. The summed E-state index contributed by atoms with van der Waals surface area (Å²) in [4.78, 5) is 14.1. The number of rotatable bonds is 6. The van der Waals surface area contributed by atoms with E-state index in [2.05, 4.69) is 10.3 Å². The second-order valence-electron chi connectivity index (χ2n) is 3.41. The Morgan fingerprint density at radius 1 is 1.69 bits per heavy atom. The van der Waals surface area contributed by atoms with E-state index in [1.54, 1.807) is 26.4 Å². The highest BCUT2D eigenvalue weighted by atomic mass is 16.6. The fraction of sp³-hybridized carbons (Fsp3) is 0.500. The molecule has 1 aromatic heterocycles. The molecule has 1 unspecified atom stereocenters. The summed E-state index contributed by atoms with van der Waals surface area (Å²) in [5, 5.41) is 13.8. The van der Waals surface area contributed by atoms with Crippen LogP contribution in [-0.2, 0) is 11.2 Å². The van der Waals surface area contributed by atoms with Crippen molar-refractivity contribution in [2.45, 2.75) is 12.5 Å². The fourth-order valence-corrected chi connectivity index (χ4v) is 1.46. The second-order valence-corrected chi connectivity index (χ2v) is 3.41. The van der Waals surface area contributed by atoms with Gasteiger partial charge in [0, 0.05) is 24.9 Å². The fourth-order valence-electron chi connectivity index (χ4n) is 1.46. The summed E-state index contributed by atoms with van der Waals surface area (Å²) in [7, 11) is 3.40. The van der Waals surface area contributed by atoms with Crippen LogP contribution in [0.4, 0.5) is 5.69 Å². The lowest BCUT2D eigenvalue weighted by molar-refractivity contribution is -0.385. The maximum atomic E-state index is 10.8. The van der Waals surface area contributed by atoms with Gasteiger partial charge in [0.1, 0.15) is 6.20 Å². The van der Waals surface area contributed by atoms with Gasteiger partial charge in [-0.25, -0.2) is 0 Å². The third-order valence-corrected chi connectivity index (χ3v) is 2.33. The van der Waals surface area contributed by atoms with E-state index in [0.717, 1.165) is 0 Å². The van der Waals surface area contributed by atoms with Gasteiger partial charge in [0.25, 0.3) is 5.69 Å². The van der Waals surface area contributed by atoms with Crippen LogP contribution >= 0.6 is 0 Å². The van der Waals surface area contributed by atoms with Crippen molar-refractivity contribution in [1.29, 1.82) is 0 Å². The minimum Gasteiger partial charge on any atom is -0.383 e. The van der Waals surface area contributed by atoms with Crippen LogP contribution in [0, 0.1) is 10.1 Å². The quantitative estimate of drug-likeness (QED) is 0.571. The number of pyridine rings is 1. The van der Waals surface area contributed by atoms with Crippen molar-refractivity contribution in [3.8, 4) is 0 Å². The van der Waals surface area contributed by atoms with Gasteiger partial charge in [-0.1, -0.05) is 0 Å². The van der Waals surface area contributed by atoms with E-state index in [1.165, 1.54) is 6.20 Å². The van der Waals surface area contributed by atoms with E-state index in [4.69, 9.17) is 4.74 Å². The molecule has 6 nitrogen and oxygen atoms in total. The minimum absolute atomic E-state index is 0.0545. The lowest BCUT2D eigenvalue weighted by Crippen LogP contribution is -2.32. The van der Waals surface area contributed by atoms with Crippen molar-refractivity contribution in [3.63, 3.8) is 0 Å². The van der Waals surface area contributed by atoms with Crippen LogP contribution in [-0.4, -0.2) is 36.7 Å². The zero-order valence-corrected chi connectivity index (χ0v) is 9.34. The molecule has 1 heterocycles. The summed E-state index contributed by atoms with van der Waals surface area (Å²) in [6.07, 6.45) is 3.37. The van der Waals surface area contributed by atoms with Gasteiger partial charge in [-0.05, 0) is 19.5 Å². The van der Waals surface area contributed by atoms with Gasteiger partial charge in [0.05, 0.1) is 11.5 Å². The Bertz CT molecular complexity index is 357. The first-order valence-corrected chi connectivity index (χ1v) is 4.92. The topological polar surface area (TPSA) is 77.3 Å². The molecule has 0 bridgehead atoms. The van der Waals surface area contributed by atoms with Crippen molar-refractivity contribution in [2.24, 2.45) is 0 Å². The molecule has 1 aromatic rings. The molecule has 88 valence electrons. The average Bonchev–Trinajstić information content (AvgIpc) is 2.29. The predicted molar refractivity (Wildman–Crippen MR) is 59.3 cm³/mol. The molecular weight excluding hydrogens is 210 g/mol. The van der Waals surface area contributed by atoms with Crippen LogP contribution in [0.25, 0.3) is 0 Å². The first kappa shape index (κ1) is 12.5.